The molecule has 7 heteroatoms. The maximum atomic E-state index is 12.0. The summed E-state index contributed by atoms with van der Waals surface area (Å²) in [6.45, 7) is 11.2. The minimum absolute atomic E-state index is 0.213. The summed E-state index contributed by atoms with van der Waals surface area (Å²) in [7, 11) is 0. The maximum absolute atomic E-state index is 12.0. The minimum Gasteiger partial charge on any atom is -0.481 e. The highest BCUT2D eigenvalue weighted by Crippen LogP contribution is 2.35. The van der Waals surface area contributed by atoms with Crippen molar-refractivity contribution in [3.63, 3.8) is 0 Å². The maximum Gasteiger partial charge on any atom is 0.344 e. The molecule has 1 aromatic carbocycles. The Balaban J connectivity index is 2.10. The average Bonchev–Trinajstić information content (AvgIpc) is 2.69. The van der Waals surface area contributed by atoms with Gasteiger partial charge < -0.3 is 18.6 Å². The van der Waals surface area contributed by atoms with Crippen molar-refractivity contribution < 1.29 is 23.4 Å². The largest absolute Gasteiger partial charge is 0.481 e. The number of fused-ring (bicyclic) bond motifs is 1. The molecule has 1 aromatic heterocycles. The summed E-state index contributed by atoms with van der Waals surface area (Å²) in [4.78, 5) is 26.2. The molecule has 156 valence electrons. The van der Waals surface area contributed by atoms with Crippen LogP contribution in [0.15, 0.2) is 34.0 Å². The molecule has 0 radical (unpaired) electrons. The van der Waals surface area contributed by atoms with E-state index >= 15 is 0 Å². The highest BCUT2D eigenvalue weighted by atomic mass is 16.6. The molecule has 0 bridgehead atoms. The molecule has 1 aliphatic rings. The van der Waals surface area contributed by atoms with Crippen molar-refractivity contribution in [1.29, 1.82) is 0 Å². The Morgan fingerprint density at radius 1 is 1.31 bits per heavy atom. The SMILES string of the molecule is C=CCc1c(OCC(=O)OCC)c(CN2CCOCC2)cc2c(C)cc(=O)oc12. The predicted molar refractivity (Wildman–Crippen MR) is 109 cm³/mol. The summed E-state index contributed by atoms with van der Waals surface area (Å²) in [6.07, 6.45) is 2.17. The third-order valence-corrected chi connectivity index (χ3v) is 4.85. The molecule has 1 aliphatic heterocycles. The van der Waals surface area contributed by atoms with Crippen molar-refractivity contribution in [2.75, 3.05) is 39.5 Å². The van der Waals surface area contributed by atoms with Crippen LogP contribution in [0.3, 0.4) is 0 Å². The van der Waals surface area contributed by atoms with Gasteiger partial charge in [-0.25, -0.2) is 9.59 Å². The lowest BCUT2D eigenvalue weighted by atomic mass is 9.99. The summed E-state index contributed by atoms with van der Waals surface area (Å²) in [5.74, 6) is 0.103. The van der Waals surface area contributed by atoms with E-state index in [4.69, 9.17) is 18.6 Å². The Morgan fingerprint density at radius 2 is 2.07 bits per heavy atom. The zero-order valence-corrected chi connectivity index (χ0v) is 17.0. The van der Waals surface area contributed by atoms with E-state index < -0.39 is 11.6 Å². The summed E-state index contributed by atoms with van der Waals surface area (Å²) in [5.41, 5.74) is 2.53. The van der Waals surface area contributed by atoms with Crippen LogP contribution in [0.1, 0.15) is 23.6 Å². The lowest BCUT2D eigenvalue weighted by molar-refractivity contribution is -0.145. The number of morpholine rings is 1. The summed E-state index contributed by atoms with van der Waals surface area (Å²) >= 11 is 0. The lowest BCUT2D eigenvalue weighted by Crippen LogP contribution is -2.35. The smallest absolute Gasteiger partial charge is 0.344 e. The van der Waals surface area contributed by atoms with Gasteiger partial charge in [-0.05, 0) is 31.9 Å². The molecule has 2 aromatic rings. The van der Waals surface area contributed by atoms with Crippen LogP contribution in [0.2, 0.25) is 0 Å². The van der Waals surface area contributed by atoms with Crippen LogP contribution >= 0.6 is 0 Å². The molecule has 0 aliphatic carbocycles. The van der Waals surface area contributed by atoms with Gasteiger partial charge in [0.25, 0.3) is 0 Å². The van der Waals surface area contributed by atoms with Gasteiger partial charge in [0.2, 0.25) is 0 Å². The van der Waals surface area contributed by atoms with Gasteiger partial charge in [0, 0.05) is 42.2 Å². The van der Waals surface area contributed by atoms with Crippen LogP contribution in [0.4, 0.5) is 0 Å². The second-order valence-electron chi connectivity index (χ2n) is 6.94. The van der Waals surface area contributed by atoms with Crippen molar-refractivity contribution in [2.45, 2.75) is 26.8 Å². The van der Waals surface area contributed by atoms with Crippen LogP contribution in [0, 0.1) is 6.92 Å². The Labute approximate surface area is 169 Å². The van der Waals surface area contributed by atoms with Gasteiger partial charge >= 0.3 is 11.6 Å². The van der Waals surface area contributed by atoms with E-state index in [1.807, 2.05) is 13.0 Å². The van der Waals surface area contributed by atoms with Gasteiger partial charge in [0.15, 0.2) is 6.61 Å². The molecular weight excluding hydrogens is 374 g/mol. The number of nitrogens with zero attached hydrogens (tertiary/aromatic N) is 1. The van der Waals surface area contributed by atoms with Gasteiger partial charge in [-0.15, -0.1) is 6.58 Å². The number of allylic oxidation sites excluding steroid dienone is 1. The summed E-state index contributed by atoms with van der Waals surface area (Å²) in [6, 6.07) is 3.47. The highest BCUT2D eigenvalue weighted by Gasteiger charge is 2.21. The minimum atomic E-state index is -0.444. The molecular formula is C22H27NO6. The van der Waals surface area contributed by atoms with E-state index in [9.17, 15) is 9.59 Å². The first-order valence-electron chi connectivity index (χ1n) is 9.82. The molecule has 1 saturated heterocycles. The van der Waals surface area contributed by atoms with E-state index in [0.717, 1.165) is 29.6 Å². The van der Waals surface area contributed by atoms with Crippen LogP contribution in [-0.2, 0) is 27.2 Å². The fourth-order valence-electron chi connectivity index (χ4n) is 3.52. The van der Waals surface area contributed by atoms with Gasteiger partial charge in [0.1, 0.15) is 11.3 Å². The number of carbonyl (C=O) groups is 1. The van der Waals surface area contributed by atoms with Crippen molar-refractivity contribution in [2.24, 2.45) is 0 Å². The molecule has 3 rings (SSSR count). The van der Waals surface area contributed by atoms with Gasteiger partial charge in [-0.2, -0.15) is 0 Å². The normalized spacial score (nSPS) is 14.7. The van der Waals surface area contributed by atoms with Crippen molar-refractivity contribution >= 4 is 16.9 Å². The Morgan fingerprint density at radius 3 is 2.76 bits per heavy atom. The molecule has 0 spiro atoms. The number of hydrogen-bond acceptors (Lipinski definition) is 7. The zero-order valence-electron chi connectivity index (χ0n) is 17.0. The second kappa shape index (κ2) is 9.71. The Bertz CT molecular complexity index is 942. The molecule has 0 N–H and O–H groups in total. The standard InChI is InChI=1S/C22H27NO6/c1-4-6-17-21(28-14-20(25)27-5-2)16(13-23-7-9-26-10-8-23)12-18-15(3)11-19(24)29-22(17)18/h4,11-12H,1,5-10,13-14H2,2-3H3. The van der Waals surface area contributed by atoms with Gasteiger partial charge in [-0.1, -0.05) is 6.08 Å². The Hall–Kier alpha value is -2.64. The number of ether oxygens (including phenoxy) is 3. The number of aryl methyl sites for hydroxylation is 1. The monoisotopic (exact) mass is 401 g/mol. The van der Waals surface area contributed by atoms with Crippen LogP contribution in [0.5, 0.6) is 5.75 Å². The van der Waals surface area contributed by atoms with Gasteiger partial charge in [-0.3, -0.25) is 4.90 Å². The van der Waals surface area contributed by atoms with Crippen molar-refractivity contribution in [3.05, 3.63) is 51.9 Å². The van der Waals surface area contributed by atoms with E-state index in [1.165, 1.54) is 6.07 Å². The fraction of sp³-hybridized carbons (Fsp3) is 0.455. The number of hydrogen-bond donors (Lipinski definition) is 0. The van der Waals surface area contributed by atoms with E-state index in [1.54, 1.807) is 13.0 Å². The lowest BCUT2D eigenvalue weighted by Gasteiger charge is -2.28. The molecule has 29 heavy (non-hydrogen) atoms. The molecule has 0 amide bonds. The highest BCUT2D eigenvalue weighted by molar-refractivity contribution is 5.86. The summed E-state index contributed by atoms with van der Waals surface area (Å²) < 4.78 is 21.9. The molecule has 1 fully saturated rings. The van der Waals surface area contributed by atoms with Crippen molar-refractivity contribution in [3.8, 4) is 5.75 Å². The molecule has 2 heterocycles. The number of benzene rings is 1. The average molecular weight is 401 g/mol. The first-order valence-corrected chi connectivity index (χ1v) is 9.82. The third-order valence-electron chi connectivity index (χ3n) is 4.85. The topological polar surface area (TPSA) is 78.2 Å². The molecule has 7 nitrogen and oxygen atoms in total. The zero-order chi connectivity index (χ0) is 20.8. The van der Waals surface area contributed by atoms with Gasteiger partial charge in [0.05, 0.1) is 19.8 Å². The molecule has 0 saturated carbocycles. The number of esters is 1. The first kappa shape index (κ1) is 21.1. The first-order chi connectivity index (χ1) is 14.0. The van der Waals surface area contributed by atoms with E-state index in [2.05, 4.69) is 11.5 Å². The Kier molecular flexibility index (Phi) is 7.06. The number of carbonyl (C=O) groups excluding carboxylic acids is 1. The van der Waals surface area contributed by atoms with Crippen LogP contribution < -0.4 is 10.4 Å². The predicted octanol–water partition coefficient (Wildman–Crippen LogP) is 2.60. The second-order valence-corrected chi connectivity index (χ2v) is 6.94. The fourth-order valence-corrected chi connectivity index (χ4v) is 3.52. The number of rotatable bonds is 8. The van der Waals surface area contributed by atoms with Crippen LogP contribution in [-0.4, -0.2) is 50.4 Å². The van der Waals surface area contributed by atoms with Crippen LogP contribution in [0.25, 0.3) is 11.0 Å². The third kappa shape index (κ3) is 5.05. The molecule has 0 atom stereocenters. The van der Waals surface area contributed by atoms with E-state index in [-0.39, 0.29) is 13.2 Å². The molecule has 0 unspecified atom stereocenters. The van der Waals surface area contributed by atoms with E-state index in [0.29, 0.717) is 43.1 Å². The quantitative estimate of drug-likeness (QED) is 0.382. The van der Waals surface area contributed by atoms with Crippen molar-refractivity contribution in [1.82, 2.24) is 4.90 Å². The summed E-state index contributed by atoms with van der Waals surface area (Å²) in [5, 5.41) is 0.855.